The number of H-pyrrole nitrogens is 1. The second-order valence-electron chi connectivity index (χ2n) is 4.51. The van der Waals surface area contributed by atoms with Crippen LogP contribution in [0.1, 0.15) is 31.9 Å². The fraction of sp³-hybridized carbons (Fsp3) is 0.385. The number of aromatic amines is 1. The number of aromatic nitrogens is 3. The molecule has 0 saturated heterocycles. The molecule has 20 heavy (non-hydrogen) atoms. The van der Waals surface area contributed by atoms with Crippen LogP contribution < -0.4 is 11.4 Å². The van der Waals surface area contributed by atoms with Crippen LogP contribution in [0.5, 0.6) is 0 Å². The van der Waals surface area contributed by atoms with E-state index >= 15 is 0 Å². The summed E-state index contributed by atoms with van der Waals surface area (Å²) < 4.78 is 15.4. The molecule has 0 fully saturated rings. The van der Waals surface area contributed by atoms with Gasteiger partial charge in [-0.1, -0.05) is 13.0 Å². The third-order valence-corrected chi connectivity index (χ3v) is 3.91. The van der Waals surface area contributed by atoms with Crippen LogP contribution in [0.2, 0.25) is 0 Å². The van der Waals surface area contributed by atoms with Gasteiger partial charge in [-0.25, -0.2) is 14.3 Å². The quantitative estimate of drug-likeness (QED) is 0.887. The summed E-state index contributed by atoms with van der Waals surface area (Å²) >= 11 is 1.24. The summed E-state index contributed by atoms with van der Waals surface area (Å²) in [5, 5.41) is 6.92. The molecule has 7 heteroatoms. The van der Waals surface area contributed by atoms with Crippen LogP contribution in [0.15, 0.2) is 33.0 Å². The highest BCUT2D eigenvalue weighted by Crippen LogP contribution is 2.32. The van der Waals surface area contributed by atoms with Gasteiger partial charge in [0.25, 0.3) is 0 Å². The number of nitrogens with one attached hydrogen (secondary N) is 1. The van der Waals surface area contributed by atoms with E-state index in [2.05, 4.69) is 10.2 Å². The van der Waals surface area contributed by atoms with Crippen molar-refractivity contribution in [2.24, 2.45) is 5.73 Å². The topological polar surface area (TPSA) is 76.7 Å². The molecular weight excluding hydrogens is 279 g/mol. The van der Waals surface area contributed by atoms with Gasteiger partial charge in [-0.3, -0.25) is 4.57 Å². The van der Waals surface area contributed by atoms with E-state index in [1.54, 1.807) is 23.6 Å². The Balaban J connectivity index is 2.40. The van der Waals surface area contributed by atoms with Crippen LogP contribution in [-0.4, -0.2) is 14.8 Å². The third-order valence-electron chi connectivity index (χ3n) is 2.84. The average molecular weight is 296 g/mol. The van der Waals surface area contributed by atoms with Crippen LogP contribution in [0.25, 0.3) is 0 Å². The van der Waals surface area contributed by atoms with Crippen molar-refractivity contribution in [3.05, 3.63) is 40.1 Å². The Labute approximate surface area is 120 Å². The van der Waals surface area contributed by atoms with Crippen molar-refractivity contribution in [3.63, 3.8) is 0 Å². The van der Waals surface area contributed by atoms with E-state index in [9.17, 15) is 9.18 Å². The zero-order valence-electron chi connectivity index (χ0n) is 11.4. The molecule has 0 amide bonds. The van der Waals surface area contributed by atoms with Gasteiger partial charge in [0.1, 0.15) is 5.82 Å². The van der Waals surface area contributed by atoms with Gasteiger partial charge in [-0.15, -0.1) is 5.10 Å². The predicted octanol–water partition coefficient (Wildman–Crippen LogP) is 2.29. The lowest BCUT2D eigenvalue weighted by molar-refractivity contribution is 0.584. The van der Waals surface area contributed by atoms with E-state index in [0.717, 1.165) is 6.42 Å². The van der Waals surface area contributed by atoms with Crippen molar-refractivity contribution < 1.29 is 4.39 Å². The fourth-order valence-electron chi connectivity index (χ4n) is 1.95. The monoisotopic (exact) mass is 296 g/mol. The van der Waals surface area contributed by atoms with Crippen LogP contribution in [0, 0.1) is 5.82 Å². The number of nitrogens with two attached hydrogens (primary N) is 1. The highest BCUT2D eigenvalue weighted by Gasteiger charge is 2.16. The van der Waals surface area contributed by atoms with E-state index in [0.29, 0.717) is 22.2 Å². The van der Waals surface area contributed by atoms with Crippen LogP contribution in [-0.2, 0) is 6.54 Å². The molecule has 1 aromatic carbocycles. The average Bonchev–Trinajstić information content (AvgIpc) is 2.72. The minimum absolute atomic E-state index is 0.256. The maximum atomic E-state index is 13.9. The highest BCUT2D eigenvalue weighted by molar-refractivity contribution is 7.99. The van der Waals surface area contributed by atoms with E-state index in [4.69, 9.17) is 5.73 Å². The second kappa shape index (κ2) is 6.23. The van der Waals surface area contributed by atoms with E-state index in [-0.39, 0.29) is 11.5 Å². The summed E-state index contributed by atoms with van der Waals surface area (Å²) in [7, 11) is 0. The number of nitrogens with zero attached hydrogens (tertiary/aromatic N) is 2. The lowest BCUT2D eigenvalue weighted by Gasteiger charge is -2.13. The molecular formula is C13H17FN4OS. The summed E-state index contributed by atoms with van der Waals surface area (Å²) in [6, 6.07) is 4.36. The Morgan fingerprint density at radius 2 is 2.30 bits per heavy atom. The number of benzene rings is 1. The molecule has 0 aliphatic carbocycles. The van der Waals surface area contributed by atoms with Gasteiger partial charge in [-0.05, 0) is 37.2 Å². The Morgan fingerprint density at radius 1 is 1.55 bits per heavy atom. The van der Waals surface area contributed by atoms with Gasteiger partial charge in [0.15, 0.2) is 5.16 Å². The van der Waals surface area contributed by atoms with Crippen molar-refractivity contribution in [2.75, 3.05) is 0 Å². The molecule has 3 N–H and O–H groups in total. The zero-order valence-corrected chi connectivity index (χ0v) is 12.2. The number of hydrogen-bond acceptors (Lipinski definition) is 4. The van der Waals surface area contributed by atoms with Crippen molar-refractivity contribution >= 4 is 11.8 Å². The van der Waals surface area contributed by atoms with Gasteiger partial charge >= 0.3 is 5.69 Å². The van der Waals surface area contributed by atoms with Crippen molar-refractivity contribution in [1.29, 1.82) is 0 Å². The molecule has 5 nitrogen and oxygen atoms in total. The van der Waals surface area contributed by atoms with Crippen molar-refractivity contribution in [1.82, 2.24) is 14.8 Å². The first kappa shape index (κ1) is 14.8. The largest absolute Gasteiger partial charge is 0.343 e. The van der Waals surface area contributed by atoms with E-state index in [1.807, 2.05) is 6.92 Å². The molecule has 108 valence electrons. The smallest absolute Gasteiger partial charge is 0.324 e. The minimum atomic E-state index is -0.427. The molecule has 2 rings (SSSR count). The summed E-state index contributed by atoms with van der Waals surface area (Å²) in [5.74, 6) is -0.343. The first-order valence-corrected chi connectivity index (χ1v) is 7.23. The number of halogens is 1. The van der Waals surface area contributed by atoms with Crippen molar-refractivity contribution in [3.8, 4) is 0 Å². The lowest BCUT2D eigenvalue weighted by Crippen LogP contribution is -2.17. The fourth-order valence-corrected chi connectivity index (χ4v) is 3.06. The third kappa shape index (κ3) is 2.94. The van der Waals surface area contributed by atoms with Gasteiger partial charge in [0.2, 0.25) is 0 Å². The Kier molecular flexibility index (Phi) is 4.61. The van der Waals surface area contributed by atoms with Gasteiger partial charge in [0.05, 0.1) is 0 Å². The molecule has 0 unspecified atom stereocenters. The highest BCUT2D eigenvalue weighted by atomic mass is 32.2. The molecule has 0 aliphatic heterocycles. The second-order valence-corrected chi connectivity index (χ2v) is 5.51. The molecule has 1 aromatic heterocycles. The first-order chi connectivity index (χ1) is 9.54. The maximum absolute atomic E-state index is 13.9. The summed E-state index contributed by atoms with van der Waals surface area (Å²) in [6.07, 6.45) is 0.816. The minimum Gasteiger partial charge on any atom is -0.324 e. The maximum Gasteiger partial charge on any atom is 0.343 e. The van der Waals surface area contributed by atoms with Crippen LogP contribution >= 0.6 is 11.8 Å². The normalized spacial score (nSPS) is 12.6. The van der Waals surface area contributed by atoms with Gasteiger partial charge in [0, 0.05) is 23.0 Å². The standard InChI is InChI=1S/C13H17FN4OS/c1-3-7-18-12(19)16-17-13(18)20-10-6-4-5-9(14)11(10)8(2)15/h4-6,8H,3,7,15H2,1-2H3,(H,16,19)/t8-/m0/s1. The SMILES string of the molecule is CCCn1c(Sc2cccc(F)c2[C@H](C)N)n[nH]c1=O. The van der Waals surface area contributed by atoms with E-state index in [1.165, 1.54) is 17.8 Å². The zero-order chi connectivity index (χ0) is 14.7. The molecule has 0 bridgehead atoms. The van der Waals surface area contributed by atoms with Crippen LogP contribution in [0.3, 0.4) is 0 Å². The number of rotatable bonds is 5. The first-order valence-electron chi connectivity index (χ1n) is 6.41. The van der Waals surface area contributed by atoms with Gasteiger partial charge < -0.3 is 5.73 Å². The Hall–Kier alpha value is -1.60. The molecule has 0 aliphatic rings. The predicted molar refractivity (Wildman–Crippen MR) is 76.3 cm³/mol. The molecule has 2 aromatic rings. The van der Waals surface area contributed by atoms with Crippen molar-refractivity contribution in [2.45, 2.75) is 42.9 Å². The molecule has 0 spiro atoms. The number of hydrogen-bond donors (Lipinski definition) is 2. The molecule has 1 atom stereocenters. The summed E-state index contributed by atoms with van der Waals surface area (Å²) in [5.41, 5.74) is 6.01. The lowest BCUT2D eigenvalue weighted by atomic mass is 10.1. The molecule has 0 radical (unpaired) electrons. The van der Waals surface area contributed by atoms with E-state index < -0.39 is 6.04 Å². The Bertz CT molecular complexity index is 650. The Morgan fingerprint density at radius 3 is 2.95 bits per heavy atom. The summed E-state index contributed by atoms with van der Waals surface area (Å²) in [4.78, 5) is 12.3. The van der Waals surface area contributed by atoms with Crippen LogP contribution in [0.4, 0.5) is 4.39 Å². The van der Waals surface area contributed by atoms with Gasteiger partial charge in [-0.2, -0.15) is 0 Å². The molecule has 0 saturated carbocycles. The summed E-state index contributed by atoms with van der Waals surface area (Å²) in [6.45, 7) is 4.27. The molecule has 1 heterocycles.